The summed E-state index contributed by atoms with van der Waals surface area (Å²) in [5, 5.41) is 3.19. The van der Waals surface area contributed by atoms with Gasteiger partial charge in [-0.05, 0) is 44.5 Å². The van der Waals surface area contributed by atoms with Gasteiger partial charge in [0.05, 0.1) is 6.61 Å². The van der Waals surface area contributed by atoms with Crippen LogP contribution in [-0.4, -0.2) is 34.2 Å². The second-order valence-corrected chi connectivity index (χ2v) is 7.29. The molecule has 0 spiro atoms. The second-order valence-electron chi connectivity index (χ2n) is 4.69. The van der Waals surface area contributed by atoms with Crippen molar-refractivity contribution in [1.82, 2.24) is 10.0 Å². The summed E-state index contributed by atoms with van der Waals surface area (Å²) >= 11 is 3.30. The lowest BCUT2D eigenvalue weighted by atomic mass is 10.1. The maximum atomic E-state index is 12.5. The highest BCUT2D eigenvalue weighted by atomic mass is 79.9. The lowest BCUT2D eigenvalue weighted by Crippen LogP contribution is -2.45. The molecule has 0 aromatic heterocycles. The van der Waals surface area contributed by atoms with E-state index in [0.717, 1.165) is 19.4 Å². The Kier molecular flexibility index (Phi) is 5.42. The Morgan fingerprint density at radius 2 is 2.30 bits per heavy atom. The van der Waals surface area contributed by atoms with Gasteiger partial charge in [-0.1, -0.05) is 15.9 Å². The normalized spacial score (nSPS) is 19.8. The van der Waals surface area contributed by atoms with Crippen molar-refractivity contribution in [3.05, 3.63) is 22.7 Å². The molecule has 1 heterocycles. The molecule has 7 heteroatoms. The highest BCUT2D eigenvalue weighted by molar-refractivity contribution is 9.10. The fourth-order valence-corrected chi connectivity index (χ4v) is 4.16. The van der Waals surface area contributed by atoms with Gasteiger partial charge in [0, 0.05) is 17.1 Å². The summed E-state index contributed by atoms with van der Waals surface area (Å²) in [4.78, 5) is 0.180. The van der Waals surface area contributed by atoms with Crippen LogP contribution in [-0.2, 0) is 10.0 Å². The third-order valence-electron chi connectivity index (χ3n) is 3.11. The fraction of sp³-hybridized carbons (Fsp3) is 0.538. The van der Waals surface area contributed by atoms with Crippen molar-refractivity contribution in [3.63, 3.8) is 0 Å². The van der Waals surface area contributed by atoms with Gasteiger partial charge in [-0.3, -0.25) is 0 Å². The first kappa shape index (κ1) is 15.8. The first-order chi connectivity index (χ1) is 9.53. The summed E-state index contributed by atoms with van der Waals surface area (Å²) < 4.78 is 33.9. The van der Waals surface area contributed by atoms with Crippen LogP contribution in [0.25, 0.3) is 0 Å². The van der Waals surface area contributed by atoms with Crippen LogP contribution >= 0.6 is 15.9 Å². The minimum atomic E-state index is -3.58. The van der Waals surface area contributed by atoms with Gasteiger partial charge in [0.25, 0.3) is 0 Å². The first-order valence-electron chi connectivity index (χ1n) is 6.68. The zero-order valence-corrected chi connectivity index (χ0v) is 13.8. The third kappa shape index (κ3) is 3.94. The minimum Gasteiger partial charge on any atom is -0.492 e. The molecule has 2 N–H and O–H groups in total. The Hall–Kier alpha value is -0.630. The van der Waals surface area contributed by atoms with Crippen molar-refractivity contribution in [1.29, 1.82) is 0 Å². The van der Waals surface area contributed by atoms with E-state index in [1.807, 2.05) is 6.92 Å². The minimum absolute atomic E-state index is 0.0674. The SMILES string of the molecule is CCOc1ccc(Br)cc1S(=O)(=O)N[C@@H]1CCCNC1. The molecule has 1 aliphatic heterocycles. The third-order valence-corrected chi connectivity index (χ3v) is 5.15. The number of hydrogen-bond donors (Lipinski definition) is 2. The number of benzene rings is 1. The summed E-state index contributed by atoms with van der Waals surface area (Å²) in [7, 11) is -3.58. The number of hydrogen-bond acceptors (Lipinski definition) is 4. The Morgan fingerprint density at radius 1 is 1.50 bits per heavy atom. The molecule has 0 amide bonds. The molecule has 1 aliphatic rings. The van der Waals surface area contributed by atoms with Crippen LogP contribution in [0.15, 0.2) is 27.6 Å². The Bertz CT molecular complexity index is 557. The predicted molar refractivity (Wildman–Crippen MR) is 81.5 cm³/mol. The van der Waals surface area contributed by atoms with Crippen LogP contribution in [0.2, 0.25) is 0 Å². The number of sulfonamides is 1. The maximum Gasteiger partial charge on any atom is 0.244 e. The van der Waals surface area contributed by atoms with E-state index in [1.165, 1.54) is 0 Å². The van der Waals surface area contributed by atoms with Crippen molar-refractivity contribution >= 4 is 26.0 Å². The van der Waals surface area contributed by atoms with Crippen molar-refractivity contribution < 1.29 is 13.2 Å². The molecule has 20 heavy (non-hydrogen) atoms. The van der Waals surface area contributed by atoms with Crippen LogP contribution in [0.1, 0.15) is 19.8 Å². The standard InChI is InChI=1S/C13H19BrN2O3S/c1-2-19-12-6-5-10(14)8-13(12)20(17,18)16-11-4-3-7-15-9-11/h5-6,8,11,15-16H,2-4,7,9H2,1H3/t11-/m1/s1. The molecule has 2 rings (SSSR count). The zero-order chi connectivity index (χ0) is 14.6. The summed E-state index contributed by atoms with van der Waals surface area (Å²) in [6, 6.07) is 4.94. The molecule has 0 unspecified atom stereocenters. The fourth-order valence-electron chi connectivity index (χ4n) is 2.20. The number of ether oxygens (including phenoxy) is 1. The van der Waals surface area contributed by atoms with Crippen molar-refractivity contribution in [2.45, 2.75) is 30.7 Å². The number of rotatable bonds is 5. The van der Waals surface area contributed by atoms with Gasteiger partial charge >= 0.3 is 0 Å². The lowest BCUT2D eigenvalue weighted by molar-refractivity contribution is 0.330. The highest BCUT2D eigenvalue weighted by Gasteiger charge is 2.25. The van der Waals surface area contributed by atoms with E-state index in [4.69, 9.17) is 4.74 Å². The average molecular weight is 363 g/mol. The van der Waals surface area contributed by atoms with Crippen molar-refractivity contribution in [3.8, 4) is 5.75 Å². The van der Waals surface area contributed by atoms with E-state index < -0.39 is 10.0 Å². The Labute approximate surface area is 128 Å². The van der Waals surface area contributed by atoms with Crippen LogP contribution in [0.5, 0.6) is 5.75 Å². The van der Waals surface area contributed by atoms with Gasteiger partial charge in [0.1, 0.15) is 10.6 Å². The highest BCUT2D eigenvalue weighted by Crippen LogP contribution is 2.28. The monoisotopic (exact) mass is 362 g/mol. The van der Waals surface area contributed by atoms with E-state index in [0.29, 0.717) is 23.4 Å². The molecular formula is C13H19BrN2O3S. The molecule has 1 fully saturated rings. The molecule has 1 atom stereocenters. The smallest absolute Gasteiger partial charge is 0.244 e. The summed E-state index contributed by atoms with van der Waals surface area (Å²) in [5.74, 6) is 0.381. The van der Waals surface area contributed by atoms with Gasteiger partial charge in [0.15, 0.2) is 0 Å². The molecule has 0 aliphatic carbocycles. The summed E-state index contributed by atoms with van der Waals surface area (Å²) in [5.41, 5.74) is 0. The summed E-state index contributed by atoms with van der Waals surface area (Å²) in [6.45, 7) is 3.86. The van der Waals surface area contributed by atoms with E-state index in [9.17, 15) is 8.42 Å². The quantitative estimate of drug-likeness (QED) is 0.838. The predicted octanol–water partition coefficient (Wildman–Crippen LogP) is 1.88. The zero-order valence-electron chi connectivity index (χ0n) is 11.4. The second kappa shape index (κ2) is 6.89. The van der Waals surface area contributed by atoms with Gasteiger partial charge in [-0.2, -0.15) is 0 Å². The topological polar surface area (TPSA) is 67.4 Å². The maximum absolute atomic E-state index is 12.5. The molecule has 0 saturated carbocycles. The molecule has 5 nitrogen and oxygen atoms in total. The van der Waals surface area contributed by atoms with Gasteiger partial charge in [0.2, 0.25) is 10.0 Å². The van der Waals surface area contributed by atoms with E-state index >= 15 is 0 Å². The first-order valence-corrected chi connectivity index (χ1v) is 8.96. The molecule has 0 radical (unpaired) electrons. The van der Waals surface area contributed by atoms with Gasteiger partial charge in [-0.25, -0.2) is 13.1 Å². The summed E-state index contributed by atoms with van der Waals surface area (Å²) in [6.07, 6.45) is 1.83. The van der Waals surface area contributed by atoms with Crippen LogP contribution < -0.4 is 14.8 Å². The van der Waals surface area contributed by atoms with Crippen LogP contribution in [0, 0.1) is 0 Å². The van der Waals surface area contributed by atoms with Crippen molar-refractivity contribution in [2.75, 3.05) is 19.7 Å². The lowest BCUT2D eigenvalue weighted by Gasteiger charge is -2.24. The van der Waals surface area contributed by atoms with E-state index in [2.05, 4.69) is 26.0 Å². The molecule has 0 bridgehead atoms. The van der Waals surface area contributed by atoms with Crippen LogP contribution in [0.3, 0.4) is 0 Å². The Morgan fingerprint density at radius 3 is 2.95 bits per heavy atom. The van der Waals surface area contributed by atoms with E-state index in [-0.39, 0.29) is 10.9 Å². The molecule has 1 aromatic carbocycles. The molecule has 112 valence electrons. The Balaban J connectivity index is 2.25. The van der Waals surface area contributed by atoms with Gasteiger partial charge in [-0.15, -0.1) is 0 Å². The number of halogens is 1. The number of piperidine rings is 1. The van der Waals surface area contributed by atoms with Crippen molar-refractivity contribution in [2.24, 2.45) is 0 Å². The largest absolute Gasteiger partial charge is 0.492 e. The average Bonchev–Trinajstić information content (AvgIpc) is 2.41. The molecule has 1 saturated heterocycles. The number of nitrogens with one attached hydrogen (secondary N) is 2. The van der Waals surface area contributed by atoms with Crippen LogP contribution in [0.4, 0.5) is 0 Å². The van der Waals surface area contributed by atoms with Gasteiger partial charge < -0.3 is 10.1 Å². The molecule has 1 aromatic rings. The molecular weight excluding hydrogens is 344 g/mol. The van der Waals surface area contributed by atoms with E-state index in [1.54, 1.807) is 18.2 Å².